The molecule has 1 aromatic carbocycles. The van der Waals surface area contributed by atoms with Crippen LogP contribution in [-0.4, -0.2) is 62.9 Å². The van der Waals surface area contributed by atoms with E-state index in [4.69, 9.17) is 30.5 Å². The number of methoxy groups -OCH3 is 2. The van der Waals surface area contributed by atoms with E-state index in [1.54, 1.807) is 26.0 Å². The van der Waals surface area contributed by atoms with Crippen LogP contribution in [0.5, 0.6) is 11.5 Å². The fourth-order valence-corrected chi connectivity index (χ4v) is 4.13. The highest BCUT2D eigenvalue weighted by Gasteiger charge is 2.32. The summed E-state index contributed by atoms with van der Waals surface area (Å²) in [6.45, 7) is 7.05. The molecule has 0 saturated heterocycles. The summed E-state index contributed by atoms with van der Waals surface area (Å²) >= 11 is 0. The van der Waals surface area contributed by atoms with Crippen LogP contribution in [0, 0.1) is 29.1 Å². The summed E-state index contributed by atoms with van der Waals surface area (Å²) in [4.78, 5) is 24.6. The molecule has 0 aliphatic rings. The largest absolute Gasteiger partial charge is 0.493 e. The van der Waals surface area contributed by atoms with E-state index in [1.165, 1.54) is 13.2 Å². The number of primary amides is 1. The zero-order valence-electron chi connectivity index (χ0n) is 31.4. The Balaban J connectivity index is 3.08. The Bertz CT molecular complexity index is 1150. The van der Waals surface area contributed by atoms with Crippen LogP contribution in [0.3, 0.4) is 0 Å². The van der Waals surface area contributed by atoms with Crippen molar-refractivity contribution in [1.29, 1.82) is 0 Å². The SMILES string of the molecule is [2H]C([2H])([2H])OCC([2H])([2H])C([2H])([2H])Oc1cc(C[C@@H](C[C@H](N)[C@@H](O)C[C@H](C(=O)NCC(C)(C)C(N)=O)C(C)C)C(C)C)ccc1OC. The van der Waals surface area contributed by atoms with Crippen LogP contribution >= 0.6 is 0 Å². The maximum Gasteiger partial charge on any atom is 0.224 e. The zero-order chi connectivity index (χ0) is 35.8. The Kier molecular flexibility index (Phi) is 10.4. The fourth-order valence-electron chi connectivity index (χ4n) is 4.13. The van der Waals surface area contributed by atoms with Gasteiger partial charge in [-0.3, -0.25) is 9.59 Å². The molecular formula is C30H53N3O6. The topological polar surface area (TPSA) is 146 Å². The van der Waals surface area contributed by atoms with Crippen molar-refractivity contribution < 1.29 is 38.5 Å². The number of nitrogens with one attached hydrogen (secondary N) is 1. The van der Waals surface area contributed by atoms with E-state index >= 15 is 0 Å². The number of aliphatic hydroxyl groups is 1. The predicted octanol–water partition coefficient (Wildman–Crippen LogP) is 3.29. The molecule has 4 atom stereocenters. The number of nitrogens with two attached hydrogens (primary N) is 2. The summed E-state index contributed by atoms with van der Waals surface area (Å²) < 4.78 is 69.2. The van der Waals surface area contributed by atoms with E-state index < -0.39 is 56.0 Å². The molecule has 0 unspecified atom stereocenters. The van der Waals surface area contributed by atoms with Crippen LogP contribution in [0.2, 0.25) is 0 Å². The lowest BCUT2D eigenvalue weighted by atomic mass is 9.80. The van der Waals surface area contributed by atoms with Crippen molar-refractivity contribution in [3.05, 3.63) is 23.8 Å². The maximum atomic E-state index is 13.0. The zero-order valence-corrected chi connectivity index (χ0v) is 24.4. The average Bonchev–Trinajstić information content (AvgIpc) is 2.92. The molecule has 0 radical (unpaired) electrons. The van der Waals surface area contributed by atoms with E-state index in [1.807, 2.05) is 27.7 Å². The quantitative estimate of drug-likeness (QED) is 0.204. The van der Waals surface area contributed by atoms with Crippen molar-refractivity contribution in [2.45, 2.75) is 79.3 Å². The number of carbonyl (C=O) groups is 2. The number of hydrogen-bond donors (Lipinski definition) is 4. The highest BCUT2D eigenvalue weighted by atomic mass is 16.5. The second-order valence-electron chi connectivity index (χ2n) is 11.4. The van der Waals surface area contributed by atoms with Crippen molar-refractivity contribution in [3.63, 3.8) is 0 Å². The molecule has 0 fully saturated rings. The van der Waals surface area contributed by atoms with Crippen LogP contribution in [0.1, 0.15) is 75.9 Å². The van der Waals surface area contributed by atoms with E-state index in [0.717, 1.165) is 0 Å². The lowest BCUT2D eigenvalue weighted by Gasteiger charge is -2.30. The van der Waals surface area contributed by atoms with Crippen molar-refractivity contribution in [1.82, 2.24) is 5.32 Å². The van der Waals surface area contributed by atoms with Gasteiger partial charge in [-0.15, -0.1) is 0 Å². The van der Waals surface area contributed by atoms with Gasteiger partial charge in [0.25, 0.3) is 0 Å². The maximum absolute atomic E-state index is 13.0. The molecule has 2 amide bonds. The Morgan fingerprint density at radius 2 is 1.85 bits per heavy atom. The van der Waals surface area contributed by atoms with Gasteiger partial charge in [0, 0.05) is 41.3 Å². The first-order valence-corrected chi connectivity index (χ1v) is 13.3. The summed E-state index contributed by atoms with van der Waals surface area (Å²) in [6.07, 6.45) is -2.85. The number of rotatable bonds is 19. The Morgan fingerprint density at radius 1 is 1.15 bits per heavy atom. The molecule has 0 aliphatic carbocycles. The second kappa shape index (κ2) is 16.7. The molecule has 1 aromatic rings. The predicted molar refractivity (Wildman–Crippen MR) is 155 cm³/mol. The summed E-state index contributed by atoms with van der Waals surface area (Å²) in [5.41, 5.74) is 11.7. The van der Waals surface area contributed by atoms with Crippen molar-refractivity contribution >= 4 is 11.8 Å². The van der Waals surface area contributed by atoms with Gasteiger partial charge in [0.2, 0.25) is 11.8 Å². The van der Waals surface area contributed by atoms with Gasteiger partial charge in [-0.25, -0.2) is 0 Å². The van der Waals surface area contributed by atoms with Gasteiger partial charge >= 0.3 is 0 Å². The average molecular weight is 559 g/mol. The fraction of sp³-hybridized carbons (Fsp3) is 0.733. The van der Waals surface area contributed by atoms with Crippen LogP contribution in [0.25, 0.3) is 0 Å². The molecule has 0 heterocycles. The van der Waals surface area contributed by atoms with Crippen LogP contribution in [0.4, 0.5) is 0 Å². The molecular weight excluding hydrogens is 498 g/mol. The van der Waals surface area contributed by atoms with Gasteiger partial charge in [0.15, 0.2) is 11.5 Å². The van der Waals surface area contributed by atoms with Crippen LogP contribution in [0.15, 0.2) is 18.2 Å². The molecule has 39 heavy (non-hydrogen) atoms. The third-order valence-corrected chi connectivity index (χ3v) is 7.12. The summed E-state index contributed by atoms with van der Waals surface area (Å²) in [5.74, 6) is -1.37. The van der Waals surface area contributed by atoms with Gasteiger partial charge < -0.3 is 36.1 Å². The number of hydrogen-bond acceptors (Lipinski definition) is 7. The molecule has 0 spiro atoms. The third-order valence-electron chi connectivity index (χ3n) is 7.12. The van der Waals surface area contributed by atoms with Gasteiger partial charge in [-0.2, -0.15) is 0 Å². The highest BCUT2D eigenvalue weighted by Crippen LogP contribution is 2.32. The molecule has 6 N–H and O–H groups in total. The van der Waals surface area contributed by atoms with Crippen molar-refractivity contribution in [2.75, 3.05) is 33.9 Å². The minimum absolute atomic E-state index is 0.0514. The first kappa shape index (κ1) is 24.4. The van der Waals surface area contributed by atoms with E-state index in [2.05, 4.69) is 10.1 Å². The molecule has 9 heteroatoms. The third kappa shape index (κ3) is 11.7. The first-order chi connectivity index (χ1) is 20.8. The van der Waals surface area contributed by atoms with Gasteiger partial charge in [0.05, 0.1) is 32.0 Å². The molecule has 9 nitrogen and oxygen atoms in total. The van der Waals surface area contributed by atoms with Gasteiger partial charge in [-0.1, -0.05) is 33.8 Å². The normalized spacial score (nSPS) is 18.8. The molecule has 224 valence electrons. The highest BCUT2D eigenvalue weighted by molar-refractivity contribution is 5.83. The van der Waals surface area contributed by atoms with E-state index in [0.29, 0.717) is 18.4 Å². The van der Waals surface area contributed by atoms with Gasteiger partial charge in [-0.05, 0) is 68.6 Å². The number of ether oxygens (including phenoxy) is 3. The Hall–Kier alpha value is -2.36. The first-order valence-electron chi connectivity index (χ1n) is 16.8. The number of aliphatic hydroxyl groups excluding tert-OH is 1. The van der Waals surface area contributed by atoms with Crippen molar-refractivity contribution in [2.24, 2.45) is 40.6 Å². The summed E-state index contributed by atoms with van der Waals surface area (Å²) in [6, 6.07) is 4.18. The van der Waals surface area contributed by atoms with Crippen molar-refractivity contribution in [3.8, 4) is 11.5 Å². The molecule has 1 rings (SSSR count). The smallest absolute Gasteiger partial charge is 0.224 e. The standard InChI is InChI=1S/C30H53N3O6/c1-19(2)22(14-21-10-11-26(38-8)27(15-21)39-13-9-12-37-7)16-24(31)25(34)17-23(20(3)4)28(35)33-18-30(5,6)29(32)36/h10-11,15,19-20,22-25,34H,9,12-14,16-18,31H2,1-8H3,(H2,32,36)(H,33,35)/t22-,23-,24-,25-/m0/s1/i7D3,9D2,13D2. The lowest BCUT2D eigenvalue weighted by Crippen LogP contribution is -2.46. The molecule has 0 aliphatic heterocycles. The molecule has 0 bridgehead atoms. The minimum Gasteiger partial charge on any atom is -0.493 e. The van der Waals surface area contributed by atoms with Crippen LogP contribution in [-0.2, 0) is 20.7 Å². The minimum atomic E-state index is -2.98. The van der Waals surface area contributed by atoms with Gasteiger partial charge in [0.1, 0.15) is 0 Å². The number of benzene rings is 1. The molecule has 0 saturated carbocycles. The van der Waals surface area contributed by atoms with E-state index in [-0.39, 0.29) is 48.1 Å². The lowest BCUT2D eigenvalue weighted by molar-refractivity contribution is -0.130. The number of amides is 2. The van der Waals surface area contributed by atoms with Crippen LogP contribution < -0.4 is 26.3 Å². The van der Waals surface area contributed by atoms with E-state index in [9.17, 15) is 14.7 Å². The number of carbonyl (C=O) groups excluding carboxylic acids is 2. The monoisotopic (exact) mass is 558 g/mol. The Labute approximate surface area is 245 Å². The summed E-state index contributed by atoms with van der Waals surface area (Å²) in [5, 5.41) is 13.9. The summed E-state index contributed by atoms with van der Waals surface area (Å²) in [7, 11) is -1.56. The Morgan fingerprint density at radius 3 is 2.41 bits per heavy atom. The second-order valence-corrected chi connectivity index (χ2v) is 11.4. The molecule has 0 aromatic heterocycles.